The third kappa shape index (κ3) is 5.57. The molecule has 0 saturated carbocycles. The van der Waals surface area contributed by atoms with Crippen LogP contribution in [0, 0.1) is 5.92 Å². The van der Waals surface area contributed by atoms with E-state index in [1.807, 2.05) is 54.6 Å². The molecule has 36 heavy (non-hydrogen) atoms. The Balaban J connectivity index is 0.00000304. The van der Waals surface area contributed by atoms with Crippen molar-refractivity contribution in [2.75, 3.05) is 32.8 Å². The summed E-state index contributed by atoms with van der Waals surface area (Å²) < 4.78 is 13.1. The van der Waals surface area contributed by atoms with Crippen LogP contribution in [0.3, 0.4) is 0 Å². The highest BCUT2D eigenvalue weighted by Crippen LogP contribution is 2.38. The number of rotatable bonds is 9. The Morgan fingerprint density at radius 3 is 1.94 bits per heavy atom. The minimum Gasteiger partial charge on any atom is -1.00 e. The summed E-state index contributed by atoms with van der Waals surface area (Å²) in [5, 5.41) is 11.8. The molecule has 1 unspecified atom stereocenters. The average molecular weight is 553 g/mol. The van der Waals surface area contributed by atoms with Crippen molar-refractivity contribution in [2.45, 2.75) is 31.2 Å². The van der Waals surface area contributed by atoms with E-state index in [4.69, 9.17) is 9.47 Å². The molecule has 3 aromatic carbocycles. The Kier molecular flexibility index (Phi) is 8.62. The first-order chi connectivity index (χ1) is 17.1. The number of carbonyl (C=O) groups excluding carboxylic acids is 1. The van der Waals surface area contributed by atoms with E-state index in [9.17, 15) is 9.90 Å². The van der Waals surface area contributed by atoms with Gasteiger partial charge >= 0.3 is 5.97 Å². The number of hydrogen-bond donors (Lipinski definition) is 1. The second-order valence-electron chi connectivity index (χ2n) is 9.96. The fourth-order valence-electron chi connectivity index (χ4n) is 5.68. The van der Waals surface area contributed by atoms with Gasteiger partial charge in [-0.2, -0.15) is 0 Å². The van der Waals surface area contributed by atoms with Gasteiger partial charge in [0.15, 0.2) is 6.10 Å². The molecule has 3 saturated heterocycles. The van der Waals surface area contributed by atoms with Crippen LogP contribution in [0.2, 0.25) is 0 Å². The molecule has 1 N–H and O–H groups in total. The Morgan fingerprint density at radius 2 is 1.39 bits per heavy atom. The number of nitrogens with zero attached hydrogens (tertiary/aromatic N) is 1. The number of quaternary nitrogens is 1. The maximum atomic E-state index is 13.6. The number of hydrogen-bond acceptors (Lipinski definition) is 4. The van der Waals surface area contributed by atoms with Crippen molar-refractivity contribution in [1.82, 2.24) is 0 Å². The predicted octanol–water partition coefficient (Wildman–Crippen LogP) is 1.30. The third-order valence-corrected chi connectivity index (χ3v) is 7.80. The number of esters is 1. The van der Waals surface area contributed by atoms with Crippen LogP contribution in [-0.4, -0.2) is 54.4 Å². The van der Waals surface area contributed by atoms with Crippen LogP contribution < -0.4 is 17.0 Å². The molecule has 5 nitrogen and oxygen atoms in total. The maximum absolute atomic E-state index is 13.6. The number of carbonyl (C=O) groups is 1. The number of aliphatic hydroxyl groups is 1. The van der Waals surface area contributed by atoms with Gasteiger partial charge in [-0.05, 0) is 16.7 Å². The zero-order valence-electron chi connectivity index (χ0n) is 20.5. The highest BCUT2D eigenvalue weighted by atomic mass is 79.9. The Labute approximate surface area is 224 Å². The molecule has 1 atom stereocenters. The summed E-state index contributed by atoms with van der Waals surface area (Å²) >= 11 is 0. The predicted molar refractivity (Wildman–Crippen MR) is 134 cm³/mol. The molecule has 3 heterocycles. The number of halogens is 1. The van der Waals surface area contributed by atoms with E-state index in [-0.39, 0.29) is 23.1 Å². The second kappa shape index (κ2) is 11.7. The first kappa shape index (κ1) is 26.6. The van der Waals surface area contributed by atoms with E-state index in [0.717, 1.165) is 43.5 Å². The molecule has 3 aromatic rings. The van der Waals surface area contributed by atoms with E-state index in [2.05, 4.69) is 12.1 Å². The topological polar surface area (TPSA) is 55.8 Å². The van der Waals surface area contributed by atoms with E-state index in [1.54, 1.807) is 24.3 Å². The Morgan fingerprint density at radius 1 is 0.861 bits per heavy atom. The summed E-state index contributed by atoms with van der Waals surface area (Å²) in [4.78, 5) is 13.6. The van der Waals surface area contributed by atoms with Crippen LogP contribution in [0.1, 0.15) is 29.5 Å². The summed E-state index contributed by atoms with van der Waals surface area (Å²) in [6, 6.07) is 28.4. The van der Waals surface area contributed by atoms with E-state index in [0.29, 0.717) is 30.3 Å². The molecule has 0 aliphatic carbocycles. The van der Waals surface area contributed by atoms with Crippen LogP contribution in [0.25, 0.3) is 0 Å². The fraction of sp³-hybridized carbons (Fsp3) is 0.367. The fourth-order valence-corrected chi connectivity index (χ4v) is 5.68. The highest BCUT2D eigenvalue weighted by molar-refractivity contribution is 5.85. The van der Waals surface area contributed by atoms with Gasteiger partial charge in [0.1, 0.15) is 13.1 Å². The smallest absolute Gasteiger partial charge is 0.348 e. The Hall–Kier alpha value is -2.51. The first-order valence-electron chi connectivity index (χ1n) is 12.6. The van der Waals surface area contributed by atoms with Gasteiger partial charge in [0.2, 0.25) is 5.60 Å². The van der Waals surface area contributed by atoms with Crippen molar-refractivity contribution in [2.24, 2.45) is 5.92 Å². The minimum atomic E-state index is -1.84. The lowest BCUT2D eigenvalue weighted by Gasteiger charge is -2.52. The standard InChI is InChI=1S/C30H34NO4.BrH/c32-29(30(33,26-12-6-2-7-13-26)27-14-8-3-9-15-27)35-28-22-31(18-16-25(28)17-19-31)20-21-34-23-24-10-4-1-5-11-24;/h1-15,25,28,33H,16-23H2;1H/q+1;/p-1. The van der Waals surface area contributed by atoms with Gasteiger partial charge in [0, 0.05) is 18.8 Å². The Bertz CT molecular complexity index is 1060. The lowest BCUT2D eigenvalue weighted by Crippen LogP contribution is -3.00. The van der Waals surface area contributed by atoms with Crippen LogP contribution in [0.4, 0.5) is 0 Å². The van der Waals surface area contributed by atoms with Gasteiger partial charge in [0.25, 0.3) is 0 Å². The van der Waals surface area contributed by atoms with E-state index < -0.39 is 11.6 Å². The van der Waals surface area contributed by atoms with Gasteiger partial charge in [-0.3, -0.25) is 0 Å². The van der Waals surface area contributed by atoms with Crippen molar-refractivity contribution in [3.8, 4) is 0 Å². The molecule has 3 aliphatic rings. The summed E-state index contributed by atoms with van der Waals surface area (Å²) in [5.41, 5.74) is 0.391. The van der Waals surface area contributed by atoms with Gasteiger partial charge < -0.3 is 36.0 Å². The van der Waals surface area contributed by atoms with Crippen molar-refractivity contribution in [1.29, 1.82) is 0 Å². The van der Waals surface area contributed by atoms with Crippen molar-refractivity contribution < 1.29 is 40.8 Å². The van der Waals surface area contributed by atoms with Crippen LogP contribution in [-0.2, 0) is 26.5 Å². The maximum Gasteiger partial charge on any atom is 0.348 e. The lowest BCUT2D eigenvalue weighted by atomic mass is 9.82. The quantitative estimate of drug-likeness (QED) is 0.247. The third-order valence-electron chi connectivity index (χ3n) is 7.80. The first-order valence-corrected chi connectivity index (χ1v) is 12.6. The summed E-state index contributed by atoms with van der Waals surface area (Å²) in [6.07, 6.45) is 1.87. The zero-order chi connectivity index (χ0) is 24.1. The molecule has 3 aliphatic heterocycles. The molecule has 0 aromatic heterocycles. The van der Waals surface area contributed by atoms with Crippen LogP contribution in [0.15, 0.2) is 91.0 Å². The van der Waals surface area contributed by atoms with Crippen LogP contribution >= 0.6 is 0 Å². The SMILES string of the molecule is O=C(OC1C[N+]2(CCOCc3ccccc3)CCC1CC2)C(O)(c1ccccc1)c1ccccc1.[Br-]. The molecule has 0 spiro atoms. The molecule has 0 amide bonds. The number of benzene rings is 3. The molecular formula is C30H34BrNO4. The van der Waals surface area contributed by atoms with Crippen LogP contribution in [0.5, 0.6) is 0 Å². The van der Waals surface area contributed by atoms with Gasteiger partial charge in [-0.15, -0.1) is 0 Å². The van der Waals surface area contributed by atoms with Gasteiger partial charge in [-0.1, -0.05) is 91.0 Å². The zero-order valence-corrected chi connectivity index (χ0v) is 22.1. The minimum absolute atomic E-state index is 0. The molecule has 6 rings (SSSR count). The monoisotopic (exact) mass is 551 g/mol. The van der Waals surface area contributed by atoms with Gasteiger partial charge in [0.05, 0.1) is 26.3 Å². The van der Waals surface area contributed by atoms with E-state index >= 15 is 0 Å². The molecular weight excluding hydrogens is 518 g/mol. The number of ether oxygens (including phenoxy) is 2. The number of fused-ring (bicyclic) bond motifs is 3. The lowest BCUT2D eigenvalue weighted by molar-refractivity contribution is -0.946. The molecule has 190 valence electrons. The number of piperidine rings is 3. The summed E-state index contributed by atoms with van der Waals surface area (Å²) in [7, 11) is 0. The average Bonchev–Trinajstić information content (AvgIpc) is 2.93. The normalized spacial score (nSPS) is 23.0. The van der Waals surface area contributed by atoms with Crippen molar-refractivity contribution in [3.05, 3.63) is 108 Å². The molecule has 6 heteroatoms. The van der Waals surface area contributed by atoms with Crippen molar-refractivity contribution >= 4 is 5.97 Å². The highest BCUT2D eigenvalue weighted by Gasteiger charge is 2.50. The molecule has 0 radical (unpaired) electrons. The second-order valence-corrected chi connectivity index (χ2v) is 9.96. The van der Waals surface area contributed by atoms with E-state index in [1.165, 1.54) is 5.56 Å². The molecule has 2 bridgehead atoms. The summed E-state index contributed by atoms with van der Waals surface area (Å²) in [5.74, 6) is -0.243. The molecule has 3 fully saturated rings. The van der Waals surface area contributed by atoms with Crippen molar-refractivity contribution in [3.63, 3.8) is 0 Å². The van der Waals surface area contributed by atoms with Gasteiger partial charge in [-0.25, -0.2) is 4.79 Å². The largest absolute Gasteiger partial charge is 1.00 e. The summed E-state index contributed by atoms with van der Waals surface area (Å²) in [6.45, 7) is 5.17.